The molecule has 6 heteroatoms. The number of rotatable bonds is 8. The van der Waals surface area contributed by atoms with Gasteiger partial charge in [-0.3, -0.25) is 9.59 Å². The van der Waals surface area contributed by atoms with Gasteiger partial charge in [-0.05, 0) is 52.6 Å². The van der Waals surface area contributed by atoms with E-state index < -0.39 is 0 Å². The number of para-hydroxylation sites is 3. The van der Waals surface area contributed by atoms with Crippen LogP contribution >= 0.6 is 0 Å². The number of carbonyl (C=O) groups is 2. The average molecular weight is 469 g/mol. The van der Waals surface area contributed by atoms with Crippen LogP contribution in [-0.2, 0) is 4.79 Å². The van der Waals surface area contributed by atoms with Gasteiger partial charge in [0, 0.05) is 5.69 Å². The number of hydrogen-bond acceptors (Lipinski definition) is 4. The van der Waals surface area contributed by atoms with Crippen LogP contribution in [-0.4, -0.2) is 25.5 Å². The number of anilines is 2. The molecule has 2 N–H and O–H groups in total. The van der Waals surface area contributed by atoms with Crippen molar-refractivity contribution in [3.8, 4) is 11.5 Å². The third kappa shape index (κ3) is 5.61. The first-order chi connectivity index (χ1) is 17.0. The van der Waals surface area contributed by atoms with E-state index in [4.69, 9.17) is 9.47 Å². The predicted molar refractivity (Wildman–Crippen MR) is 140 cm³/mol. The summed E-state index contributed by atoms with van der Waals surface area (Å²) >= 11 is 0. The van der Waals surface area contributed by atoms with Crippen molar-refractivity contribution in [3.63, 3.8) is 0 Å². The van der Waals surface area contributed by atoms with Crippen molar-refractivity contribution < 1.29 is 19.1 Å². The molecule has 6 nitrogen and oxygen atoms in total. The molecular formula is C29H28N2O4. The fraction of sp³-hybridized carbons (Fsp3) is 0.172. The molecular weight excluding hydrogens is 440 g/mol. The summed E-state index contributed by atoms with van der Waals surface area (Å²) in [7, 11) is 1.55. The van der Waals surface area contributed by atoms with E-state index in [-0.39, 0.29) is 24.3 Å². The van der Waals surface area contributed by atoms with Crippen molar-refractivity contribution in [2.24, 2.45) is 0 Å². The fourth-order valence-electron chi connectivity index (χ4n) is 3.90. The number of carbonyl (C=O) groups excluding carboxylic acids is 2. The summed E-state index contributed by atoms with van der Waals surface area (Å²) in [6.07, 6.45) is 0. The maximum Gasteiger partial charge on any atom is 0.262 e. The van der Waals surface area contributed by atoms with Crippen molar-refractivity contribution in [1.82, 2.24) is 0 Å². The van der Waals surface area contributed by atoms with Gasteiger partial charge in [-0.25, -0.2) is 0 Å². The van der Waals surface area contributed by atoms with Crippen molar-refractivity contribution in [2.45, 2.75) is 19.8 Å². The predicted octanol–water partition coefficient (Wildman–Crippen LogP) is 6.24. The summed E-state index contributed by atoms with van der Waals surface area (Å²) in [6.45, 7) is 3.91. The number of fused-ring (bicyclic) bond motifs is 1. The van der Waals surface area contributed by atoms with Crippen LogP contribution in [0, 0.1) is 0 Å². The Kier molecular flexibility index (Phi) is 7.31. The normalized spacial score (nSPS) is 10.7. The van der Waals surface area contributed by atoms with E-state index in [1.54, 1.807) is 31.4 Å². The monoisotopic (exact) mass is 468 g/mol. The van der Waals surface area contributed by atoms with E-state index in [9.17, 15) is 9.59 Å². The first-order valence-corrected chi connectivity index (χ1v) is 11.4. The standard InChI is InChI=1S/C29H28N2O4/c1-19(2)22-12-6-7-13-24(22)30-28(32)18-35-27-17-21-11-5-4-10-20(21)16-23(27)29(33)31-25-14-8-9-15-26(25)34-3/h4-17,19H,18H2,1-3H3,(H,30,32)(H,31,33). The van der Waals surface area contributed by atoms with Crippen molar-refractivity contribution >= 4 is 34.0 Å². The second-order valence-corrected chi connectivity index (χ2v) is 8.43. The Morgan fingerprint density at radius 2 is 1.40 bits per heavy atom. The molecule has 0 bridgehead atoms. The van der Waals surface area contributed by atoms with Gasteiger partial charge < -0.3 is 20.1 Å². The molecule has 0 aliphatic heterocycles. The highest BCUT2D eigenvalue weighted by Crippen LogP contribution is 2.29. The lowest BCUT2D eigenvalue weighted by Gasteiger charge is -2.16. The molecule has 0 aliphatic carbocycles. The third-order valence-electron chi connectivity index (χ3n) is 5.66. The first-order valence-electron chi connectivity index (χ1n) is 11.4. The highest BCUT2D eigenvalue weighted by atomic mass is 16.5. The van der Waals surface area contributed by atoms with E-state index in [0.717, 1.165) is 22.0 Å². The summed E-state index contributed by atoms with van der Waals surface area (Å²) in [5.74, 6) is 0.469. The minimum atomic E-state index is -0.360. The van der Waals surface area contributed by atoms with Crippen LogP contribution in [0.5, 0.6) is 11.5 Å². The van der Waals surface area contributed by atoms with Crippen molar-refractivity contribution in [3.05, 3.63) is 96.1 Å². The van der Waals surface area contributed by atoms with Crippen molar-refractivity contribution in [1.29, 1.82) is 0 Å². The molecule has 35 heavy (non-hydrogen) atoms. The lowest BCUT2D eigenvalue weighted by Crippen LogP contribution is -2.22. The molecule has 4 rings (SSSR count). The molecule has 0 aliphatic rings. The maximum absolute atomic E-state index is 13.3. The molecule has 0 fully saturated rings. The molecule has 0 heterocycles. The van der Waals surface area contributed by atoms with Crippen LogP contribution in [0.3, 0.4) is 0 Å². The quantitative estimate of drug-likeness (QED) is 0.321. The Morgan fingerprint density at radius 1 is 0.771 bits per heavy atom. The Labute approximate surface area is 204 Å². The van der Waals surface area contributed by atoms with Gasteiger partial charge >= 0.3 is 0 Å². The summed E-state index contributed by atoms with van der Waals surface area (Å²) in [5, 5.41) is 7.60. The maximum atomic E-state index is 13.3. The number of nitrogens with one attached hydrogen (secondary N) is 2. The van der Waals surface area contributed by atoms with E-state index in [1.807, 2.05) is 60.7 Å². The molecule has 0 unspecified atom stereocenters. The second-order valence-electron chi connectivity index (χ2n) is 8.43. The highest BCUT2D eigenvalue weighted by Gasteiger charge is 2.18. The summed E-state index contributed by atoms with van der Waals surface area (Å²) in [4.78, 5) is 26.0. The zero-order chi connectivity index (χ0) is 24.8. The van der Waals surface area contributed by atoms with Gasteiger partial charge in [-0.1, -0.05) is 68.4 Å². The van der Waals surface area contributed by atoms with Gasteiger partial charge in [-0.15, -0.1) is 0 Å². The molecule has 0 saturated carbocycles. The van der Waals surface area contributed by atoms with Crippen LogP contribution in [0.2, 0.25) is 0 Å². The first kappa shape index (κ1) is 23.8. The van der Waals surface area contributed by atoms with E-state index in [0.29, 0.717) is 22.7 Å². The van der Waals surface area contributed by atoms with Crippen LogP contribution in [0.4, 0.5) is 11.4 Å². The van der Waals surface area contributed by atoms with E-state index >= 15 is 0 Å². The second kappa shape index (κ2) is 10.7. The largest absolute Gasteiger partial charge is 0.495 e. The smallest absolute Gasteiger partial charge is 0.262 e. The molecule has 0 saturated heterocycles. The minimum Gasteiger partial charge on any atom is -0.495 e. The third-order valence-corrected chi connectivity index (χ3v) is 5.66. The van der Waals surface area contributed by atoms with Gasteiger partial charge in [0.1, 0.15) is 11.5 Å². The number of hydrogen-bond donors (Lipinski definition) is 2. The molecule has 2 amide bonds. The Hall–Kier alpha value is -4.32. The highest BCUT2D eigenvalue weighted by molar-refractivity contribution is 6.09. The molecule has 4 aromatic rings. The Bertz CT molecular complexity index is 1360. The van der Waals surface area contributed by atoms with E-state index in [2.05, 4.69) is 24.5 Å². The number of amides is 2. The molecule has 0 atom stereocenters. The Morgan fingerprint density at radius 3 is 2.11 bits per heavy atom. The van der Waals surface area contributed by atoms with Gasteiger partial charge in [0.05, 0.1) is 18.4 Å². The van der Waals surface area contributed by atoms with Gasteiger partial charge in [0.25, 0.3) is 11.8 Å². The SMILES string of the molecule is COc1ccccc1NC(=O)c1cc2ccccc2cc1OCC(=O)Nc1ccccc1C(C)C. The van der Waals surface area contributed by atoms with Crippen LogP contribution in [0.25, 0.3) is 10.8 Å². The number of ether oxygens (including phenoxy) is 2. The molecule has 4 aromatic carbocycles. The average Bonchev–Trinajstić information content (AvgIpc) is 2.87. The summed E-state index contributed by atoms with van der Waals surface area (Å²) in [6, 6.07) is 26.1. The van der Waals surface area contributed by atoms with Crippen LogP contribution in [0.15, 0.2) is 84.9 Å². The van der Waals surface area contributed by atoms with Crippen LogP contribution < -0.4 is 20.1 Å². The van der Waals surface area contributed by atoms with Gasteiger partial charge in [0.2, 0.25) is 0 Å². The Balaban J connectivity index is 1.58. The zero-order valence-corrected chi connectivity index (χ0v) is 20.0. The zero-order valence-electron chi connectivity index (χ0n) is 20.0. The molecule has 178 valence electrons. The molecule has 0 radical (unpaired) electrons. The fourth-order valence-corrected chi connectivity index (χ4v) is 3.90. The van der Waals surface area contributed by atoms with Crippen molar-refractivity contribution in [2.75, 3.05) is 24.4 Å². The number of methoxy groups -OCH3 is 1. The van der Waals surface area contributed by atoms with Gasteiger partial charge in [0.15, 0.2) is 6.61 Å². The molecule has 0 aromatic heterocycles. The topological polar surface area (TPSA) is 76.7 Å². The van der Waals surface area contributed by atoms with Gasteiger partial charge in [-0.2, -0.15) is 0 Å². The lowest BCUT2D eigenvalue weighted by atomic mass is 10.0. The summed E-state index contributed by atoms with van der Waals surface area (Å²) in [5.41, 5.74) is 2.67. The summed E-state index contributed by atoms with van der Waals surface area (Å²) < 4.78 is 11.2. The molecule has 0 spiro atoms. The van der Waals surface area contributed by atoms with E-state index in [1.165, 1.54) is 0 Å². The van der Waals surface area contributed by atoms with Crippen LogP contribution in [0.1, 0.15) is 35.7 Å². The minimum absolute atomic E-state index is 0.236. The number of benzene rings is 4. The lowest BCUT2D eigenvalue weighted by molar-refractivity contribution is -0.118.